The molecule has 0 heterocycles. The highest BCUT2D eigenvalue weighted by Crippen LogP contribution is 2.14. The lowest BCUT2D eigenvalue weighted by atomic mass is 10.2. The molecule has 0 spiro atoms. The number of aryl methyl sites for hydroxylation is 1. The summed E-state index contributed by atoms with van der Waals surface area (Å²) in [5.41, 5.74) is 1.35. The van der Waals surface area contributed by atoms with Gasteiger partial charge in [0.05, 0.1) is 0 Å². The summed E-state index contributed by atoms with van der Waals surface area (Å²) in [5.74, 6) is 0.818. The smallest absolute Gasteiger partial charge is 0.00774 e. The van der Waals surface area contributed by atoms with Crippen molar-refractivity contribution in [3.63, 3.8) is 0 Å². The van der Waals surface area contributed by atoms with Gasteiger partial charge in [0.25, 0.3) is 0 Å². The van der Waals surface area contributed by atoms with Crippen LogP contribution in [0.4, 0.5) is 0 Å². The monoisotopic (exact) mass is 183 g/mol. The first-order chi connectivity index (χ1) is 5.36. The summed E-state index contributed by atoms with van der Waals surface area (Å²) >= 11 is 6.66. The first-order valence-corrected chi connectivity index (χ1v) is 5.38. The van der Waals surface area contributed by atoms with Crippen LogP contribution >= 0.6 is 24.4 Å². The summed E-state index contributed by atoms with van der Waals surface area (Å²) in [7, 11) is 0. The maximum atomic E-state index is 4.89. The van der Waals surface area contributed by atoms with Crippen LogP contribution in [0, 0.1) is 0 Å². The minimum Gasteiger partial charge on any atom is -0.130 e. The van der Waals surface area contributed by atoms with Crippen molar-refractivity contribution >= 4 is 24.4 Å². The Bertz CT molecular complexity index is 203. The maximum Gasteiger partial charge on any atom is 0.00774 e. The molecule has 1 aromatic rings. The van der Waals surface area contributed by atoms with E-state index in [1.165, 1.54) is 10.5 Å². The van der Waals surface area contributed by atoms with Crippen LogP contribution in [0.5, 0.6) is 0 Å². The molecule has 0 unspecified atom stereocenters. The van der Waals surface area contributed by atoms with Crippen LogP contribution in [0.25, 0.3) is 0 Å². The third-order valence-corrected chi connectivity index (χ3v) is 2.50. The molecule has 0 saturated carbocycles. The summed E-state index contributed by atoms with van der Waals surface area (Å²) in [6.07, 6.45) is 3.10. The zero-order chi connectivity index (χ0) is 8.10. The Morgan fingerprint density at radius 2 is 1.91 bits per heavy atom. The minimum absolute atomic E-state index is 0.818. The van der Waals surface area contributed by atoms with Crippen LogP contribution in [-0.4, -0.2) is 12.0 Å². The van der Waals surface area contributed by atoms with E-state index >= 15 is 0 Å². The molecule has 0 bridgehead atoms. The van der Waals surface area contributed by atoms with Gasteiger partial charge in [0.2, 0.25) is 0 Å². The zero-order valence-corrected chi connectivity index (χ0v) is 8.17. The van der Waals surface area contributed by atoms with Crippen LogP contribution in [-0.2, 0) is 6.42 Å². The lowest BCUT2D eigenvalue weighted by Crippen LogP contribution is -1.84. The van der Waals surface area contributed by atoms with Gasteiger partial charge in [-0.1, -0.05) is 24.8 Å². The van der Waals surface area contributed by atoms with Gasteiger partial charge in [-0.2, -0.15) is 0 Å². The van der Waals surface area contributed by atoms with E-state index in [0.29, 0.717) is 0 Å². The number of benzene rings is 1. The Labute approximate surface area is 77.8 Å². The lowest BCUT2D eigenvalue weighted by Gasteiger charge is -1.98. The molecular formula is C9H11S2. The van der Waals surface area contributed by atoms with Crippen molar-refractivity contribution < 1.29 is 0 Å². The summed E-state index contributed by atoms with van der Waals surface area (Å²) in [4.78, 5) is 1.32. The van der Waals surface area contributed by atoms with Crippen molar-refractivity contribution in [2.75, 3.05) is 12.0 Å². The highest BCUT2D eigenvalue weighted by molar-refractivity contribution is 7.98. The van der Waals surface area contributed by atoms with E-state index in [1.54, 1.807) is 11.8 Å². The summed E-state index contributed by atoms with van der Waals surface area (Å²) in [6, 6.07) is 8.59. The molecule has 0 saturated heterocycles. The van der Waals surface area contributed by atoms with E-state index in [4.69, 9.17) is 12.6 Å². The van der Waals surface area contributed by atoms with Gasteiger partial charge in [-0.3, -0.25) is 0 Å². The Morgan fingerprint density at radius 3 is 2.36 bits per heavy atom. The first kappa shape index (κ1) is 9.01. The first-order valence-electron chi connectivity index (χ1n) is 3.58. The highest BCUT2D eigenvalue weighted by Gasteiger charge is 1.91. The Hall–Kier alpha value is -0.0800. The normalized spacial score (nSPS) is 10.0. The van der Waals surface area contributed by atoms with Gasteiger partial charge in [-0.05, 0) is 30.4 Å². The van der Waals surface area contributed by atoms with Gasteiger partial charge in [0.1, 0.15) is 0 Å². The van der Waals surface area contributed by atoms with Gasteiger partial charge < -0.3 is 0 Å². The topological polar surface area (TPSA) is 0 Å². The third kappa shape index (κ3) is 2.80. The molecular weight excluding hydrogens is 172 g/mol. The predicted octanol–water partition coefficient (Wildman–Crippen LogP) is 3.15. The third-order valence-electron chi connectivity index (χ3n) is 1.55. The summed E-state index contributed by atoms with van der Waals surface area (Å²) in [6.45, 7) is 0. The fraction of sp³-hybridized carbons (Fsp3) is 0.333. The molecule has 0 N–H and O–H groups in total. The van der Waals surface area contributed by atoms with E-state index in [2.05, 4.69) is 30.5 Å². The summed E-state index contributed by atoms with van der Waals surface area (Å²) in [5, 5.41) is 0. The van der Waals surface area contributed by atoms with Crippen molar-refractivity contribution in [1.29, 1.82) is 0 Å². The second-order valence-corrected chi connectivity index (χ2v) is 3.59. The molecule has 59 valence electrons. The Balaban J connectivity index is 2.66. The fourth-order valence-corrected chi connectivity index (χ4v) is 1.55. The molecule has 0 nitrogen and oxygen atoms in total. The molecule has 1 rings (SSSR count). The lowest BCUT2D eigenvalue weighted by molar-refractivity contribution is 1.15. The summed E-state index contributed by atoms with van der Waals surface area (Å²) < 4.78 is 0. The Morgan fingerprint density at radius 1 is 1.27 bits per heavy atom. The molecule has 1 radical (unpaired) electrons. The average molecular weight is 183 g/mol. The fourth-order valence-electron chi connectivity index (χ4n) is 0.910. The van der Waals surface area contributed by atoms with E-state index in [9.17, 15) is 0 Å². The van der Waals surface area contributed by atoms with Crippen LogP contribution in [0.1, 0.15) is 5.56 Å². The number of hydrogen-bond acceptors (Lipinski definition) is 1. The van der Waals surface area contributed by atoms with Crippen molar-refractivity contribution in [2.45, 2.75) is 11.3 Å². The molecule has 0 aliphatic heterocycles. The van der Waals surface area contributed by atoms with E-state index in [1.807, 2.05) is 0 Å². The van der Waals surface area contributed by atoms with Gasteiger partial charge in [-0.25, -0.2) is 0 Å². The van der Waals surface area contributed by atoms with E-state index in [-0.39, 0.29) is 0 Å². The second-order valence-electron chi connectivity index (χ2n) is 2.30. The molecule has 1 aromatic carbocycles. The maximum absolute atomic E-state index is 4.89. The standard InChI is InChI=1S/C9H11S2/c1-11-9-4-2-8(3-5-9)6-7-10/h2-5H,6-7H2,1H3. The second kappa shape index (κ2) is 4.73. The van der Waals surface area contributed by atoms with Crippen LogP contribution in [0.3, 0.4) is 0 Å². The molecule has 0 fully saturated rings. The average Bonchev–Trinajstić information content (AvgIpc) is 2.07. The molecule has 11 heavy (non-hydrogen) atoms. The SMILES string of the molecule is CSc1ccc(CC[S])cc1. The van der Waals surface area contributed by atoms with Gasteiger partial charge in [-0.15, -0.1) is 11.8 Å². The molecule has 0 aliphatic rings. The van der Waals surface area contributed by atoms with Crippen molar-refractivity contribution in [3.8, 4) is 0 Å². The van der Waals surface area contributed by atoms with E-state index in [0.717, 1.165) is 12.2 Å². The van der Waals surface area contributed by atoms with Gasteiger partial charge in [0, 0.05) is 10.6 Å². The van der Waals surface area contributed by atoms with Crippen molar-refractivity contribution in [1.82, 2.24) is 0 Å². The number of hydrogen-bond donors (Lipinski definition) is 0. The van der Waals surface area contributed by atoms with Crippen molar-refractivity contribution in [3.05, 3.63) is 29.8 Å². The Kier molecular flexibility index (Phi) is 3.87. The minimum atomic E-state index is 0.818. The number of rotatable bonds is 3. The van der Waals surface area contributed by atoms with Crippen molar-refractivity contribution in [2.24, 2.45) is 0 Å². The van der Waals surface area contributed by atoms with Crippen LogP contribution < -0.4 is 0 Å². The number of thioether (sulfide) groups is 1. The molecule has 2 heteroatoms. The van der Waals surface area contributed by atoms with E-state index < -0.39 is 0 Å². The molecule has 0 aliphatic carbocycles. The molecule has 0 aromatic heterocycles. The highest BCUT2D eigenvalue weighted by atomic mass is 32.2. The molecule has 0 amide bonds. The predicted molar refractivity (Wildman–Crippen MR) is 54.4 cm³/mol. The zero-order valence-electron chi connectivity index (χ0n) is 6.54. The van der Waals surface area contributed by atoms with Crippen LogP contribution in [0.15, 0.2) is 29.2 Å². The van der Waals surface area contributed by atoms with Gasteiger partial charge in [0.15, 0.2) is 0 Å². The van der Waals surface area contributed by atoms with Gasteiger partial charge >= 0.3 is 0 Å². The van der Waals surface area contributed by atoms with Crippen LogP contribution in [0.2, 0.25) is 0 Å². The quantitative estimate of drug-likeness (QED) is 0.649. The molecule has 0 atom stereocenters. The largest absolute Gasteiger partial charge is 0.130 e.